The maximum Gasteiger partial charge on any atom is 0.308 e. The van der Waals surface area contributed by atoms with Crippen molar-refractivity contribution in [1.82, 2.24) is 10.6 Å². The van der Waals surface area contributed by atoms with Crippen molar-refractivity contribution in [3.8, 4) is 0 Å². The number of nitrogens with zero attached hydrogens (tertiary/aromatic N) is 1. The summed E-state index contributed by atoms with van der Waals surface area (Å²) in [7, 11) is 0. The first-order valence-electron chi connectivity index (χ1n) is 9.24. The van der Waals surface area contributed by atoms with Crippen molar-refractivity contribution in [2.24, 2.45) is 5.92 Å². The van der Waals surface area contributed by atoms with Crippen molar-refractivity contribution in [1.29, 1.82) is 0 Å². The summed E-state index contributed by atoms with van der Waals surface area (Å²) in [6.07, 6.45) is 0.919. The van der Waals surface area contributed by atoms with Crippen LogP contribution in [-0.2, 0) is 14.3 Å². The van der Waals surface area contributed by atoms with E-state index < -0.39 is 16.9 Å². The zero-order valence-electron chi connectivity index (χ0n) is 16.3. The van der Waals surface area contributed by atoms with Crippen molar-refractivity contribution >= 4 is 30.0 Å². The third-order valence-electron chi connectivity index (χ3n) is 4.56. The number of carbonyl (C=O) groups is 2. The van der Waals surface area contributed by atoms with E-state index in [0.717, 1.165) is 6.54 Å². The molecule has 2 N–H and O–H groups in total. The molecule has 0 saturated carbocycles. The largest absolute Gasteiger partial charge is 0.463 e. The SMILES string of the molecule is CC(C)OC(=O)CC(NC(=O)[C@H]1CCN[C@@H](C)C1)c1ccccc1[N+](=O)[O-].Cl. The number of esters is 1. The number of nitro groups is 1. The number of nitro benzene ring substituents is 1. The topological polar surface area (TPSA) is 111 Å². The highest BCUT2D eigenvalue weighted by molar-refractivity contribution is 5.85. The third kappa shape index (κ3) is 6.76. The minimum atomic E-state index is -0.810. The number of para-hydroxylation sites is 1. The van der Waals surface area contributed by atoms with Crippen LogP contribution in [0.1, 0.15) is 51.6 Å². The van der Waals surface area contributed by atoms with Gasteiger partial charge in [-0.25, -0.2) is 0 Å². The summed E-state index contributed by atoms with van der Waals surface area (Å²) in [5.41, 5.74) is 0.178. The first kappa shape index (κ1) is 23.8. The summed E-state index contributed by atoms with van der Waals surface area (Å²) in [4.78, 5) is 35.8. The highest BCUT2D eigenvalue weighted by atomic mass is 35.5. The van der Waals surface area contributed by atoms with E-state index in [1.54, 1.807) is 32.0 Å². The molecule has 1 heterocycles. The number of amides is 1. The predicted molar refractivity (Wildman–Crippen MR) is 107 cm³/mol. The van der Waals surface area contributed by atoms with Crippen LogP contribution in [0.4, 0.5) is 5.69 Å². The average Bonchev–Trinajstić information content (AvgIpc) is 2.60. The summed E-state index contributed by atoms with van der Waals surface area (Å²) < 4.78 is 5.18. The maximum atomic E-state index is 12.8. The van der Waals surface area contributed by atoms with Crippen LogP contribution < -0.4 is 10.6 Å². The molecule has 1 aromatic carbocycles. The Kier molecular flexibility index (Phi) is 9.34. The van der Waals surface area contributed by atoms with Gasteiger partial charge in [-0.3, -0.25) is 19.7 Å². The molecular weight excluding hydrogens is 386 g/mol. The standard InChI is InChI=1S/C19H27N3O5.ClH/c1-12(2)27-18(23)11-16(15-6-4-5-7-17(15)22(25)26)21-19(24)14-8-9-20-13(3)10-14;/h4-7,12-14,16,20H,8-11H2,1-3H3,(H,21,24);1H/t13-,14-,16?;/m0./s1. The molecule has 0 radical (unpaired) electrons. The third-order valence-corrected chi connectivity index (χ3v) is 4.56. The molecule has 8 nitrogen and oxygen atoms in total. The maximum absolute atomic E-state index is 12.8. The molecule has 1 saturated heterocycles. The van der Waals surface area contributed by atoms with Crippen molar-refractivity contribution < 1.29 is 19.2 Å². The number of benzene rings is 1. The molecule has 0 spiro atoms. The van der Waals surface area contributed by atoms with Crippen LogP contribution in [0.2, 0.25) is 0 Å². The molecular formula is C19H28ClN3O5. The van der Waals surface area contributed by atoms with Gasteiger partial charge in [0, 0.05) is 18.0 Å². The van der Waals surface area contributed by atoms with E-state index >= 15 is 0 Å². The first-order valence-corrected chi connectivity index (χ1v) is 9.24. The fourth-order valence-electron chi connectivity index (χ4n) is 3.32. The van der Waals surface area contributed by atoms with Crippen LogP contribution >= 0.6 is 12.4 Å². The summed E-state index contributed by atoms with van der Waals surface area (Å²) in [6.45, 7) is 6.21. The Labute approximate surface area is 171 Å². The van der Waals surface area contributed by atoms with E-state index in [-0.39, 0.29) is 48.5 Å². The molecule has 0 aliphatic carbocycles. The molecule has 2 rings (SSSR count). The Balaban J connectivity index is 0.00000392. The normalized spacial score (nSPS) is 20.0. The van der Waals surface area contributed by atoms with E-state index in [9.17, 15) is 19.7 Å². The molecule has 1 unspecified atom stereocenters. The van der Waals surface area contributed by atoms with Crippen LogP contribution in [0, 0.1) is 16.0 Å². The first-order chi connectivity index (χ1) is 12.8. The van der Waals surface area contributed by atoms with Crippen LogP contribution in [0.5, 0.6) is 0 Å². The summed E-state index contributed by atoms with van der Waals surface area (Å²) in [6, 6.07) is 5.56. The zero-order chi connectivity index (χ0) is 20.0. The van der Waals surface area contributed by atoms with Gasteiger partial charge in [-0.2, -0.15) is 0 Å². The molecule has 156 valence electrons. The lowest BCUT2D eigenvalue weighted by Gasteiger charge is -2.29. The summed E-state index contributed by atoms with van der Waals surface area (Å²) >= 11 is 0. The Morgan fingerprint density at radius 2 is 2.04 bits per heavy atom. The fourth-order valence-corrected chi connectivity index (χ4v) is 3.32. The quantitative estimate of drug-likeness (QED) is 0.404. The predicted octanol–water partition coefficient (Wildman–Crippen LogP) is 2.90. The van der Waals surface area contributed by atoms with Gasteiger partial charge in [0.2, 0.25) is 5.91 Å². The second-order valence-electron chi connectivity index (χ2n) is 7.20. The molecule has 1 amide bonds. The fraction of sp³-hybridized carbons (Fsp3) is 0.579. The number of ether oxygens (including phenoxy) is 1. The van der Waals surface area contributed by atoms with Gasteiger partial charge in [-0.1, -0.05) is 18.2 Å². The van der Waals surface area contributed by atoms with Gasteiger partial charge in [0.25, 0.3) is 5.69 Å². The van der Waals surface area contributed by atoms with Crippen molar-refractivity contribution in [3.63, 3.8) is 0 Å². The minimum Gasteiger partial charge on any atom is -0.463 e. The van der Waals surface area contributed by atoms with Gasteiger partial charge in [0.1, 0.15) is 0 Å². The average molecular weight is 414 g/mol. The van der Waals surface area contributed by atoms with Crippen LogP contribution in [-0.4, -0.2) is 35.5 Å². The number of nitrogens with one attached hydrogen (secondary N) is 2. The number of halogens is 1. The molecule has 1 aromatic rings. The van der Waals surface area contributed by atoms with Gasteiger partial charge in [-0.15, -0.1) is 12.4 Å². The molecule has 1 fully saturated rings. The van der Waals surface area contributed by atoms with E-state index in [1.807, 2.05) is 6.92 Å². The van der Waals surface area contributed by atoms with Crippen molar-refractivity contribution in [3.05, 3.63) is 39.9 Å². The number of carbonyl (C=O) groups excluding carboxylic acids is 2. The van der Waals surface area contributed by atoms with Crippen molar-refractivity contribution in [2.45, 2.75) is 58.2 Å². The Morgan fingerprint density at radius 3 is 2.64 bits per heavy atom. The molecule has 0 bridgehead atoms. The van der Waals surface area contributed by atoms with Crippen molar-refractivity contribution in [2.75, 3.05) is 6.54 Å². The van der Waals surface area contributed by atoms with Gasteiger partial charge in [0.15, 0.2) is 0 Å². The van der Waals surface area contributed by atoms with Gasteiger partial charge in [-0.05, 0) is 40.2 Å². The lowest BCUT2D eigenvalue weighted by Crippen LogP contribution is -2.43. The smallest absolute Gasteiger partial charge is 0.308 e. The minimum absolute atomic E-state index is 0. The summed E-state index contributed by atoms with van der Waals surface area (Å²) in [5.74, 6) is -0.886. The molecule has 9 heteroatoms. The van der Waals surface area contributed by atoms with E-state index in [4.69, 9.17) is 4.74 Å². The Bertz CT molecular complexity index is 698. The van der Waals surface area contributed by atoms with Crippen LogP contribution in [0.3, 0.4) is 0 Å². The number of hydrogen-bond donors (Lipinski definition) is 2. The molecule has 28 heavy (non-hydrogen) atoms. The highest BCUT2D eigenvalue weighted by Gasteiger charge is 2.30. The van der Waals surface area contributed by atoms with E-state index in [2.05, 4.69) is 10.6 Å². The highest BCUT2D eigenvalue weighted by Crippen LogP contribution is 2.28. The van der Waals surface area contributed by atoms with Crippen LogP contribution in [0.25, 0.3) is 0 Å². The van der Waals surface area contributed by atoms with Gasteiger partial charge >= 0.3 is 5.97 Å². The monoisotopic (exact) mass is 413 g/mol. The number of hydrogen-bond acceptors (Lipinski definition) is 6. The second-order valence-corrected chi connectivity index (χ2v) is 7.20. The lowest BCUT2D eigenvalue weighted by atomic mass is 9.91. The van der Waals surface area contributed by atoms with Gasteiger partial charge in [0.05, 0.1) is 29.1 Å². The van der Waals surface area contributed by atoms with Crippen LogP contribution in [0.15, 0.2) is 24.3 Å². The molecule has 0 aromatic heterocycles. The zero-order valence-corrected chi connectivity index (χ0v) is 17.2. The number of rotatable bonds is 7. The molecule has 1 aliphatic rings. The Morgan fingerprint density at radius 1 is 1.36 bits per heavy atom. The summed E-state index contributed by atoms with van der Waals surface area (Å²) in [5, 5.41) is 17.5. The van der Waals surface area contributed by atoms with E-state index in [1.165, 1.54) is 6.07 Å². The van der Waals surface area contributed by atoms with E-state index in [0.29, 0.717) is 18.4 Å². The molecule has 3 atom stereocenters. The second kappa shape index (κ2) is 11.0. The number of piperidine rings is 1. The van der Waals surface area contributed by atoms with Gasteiger partial charge < -0.3 is 15.4 Å². The Hall–Kier alpha value is -2.19. The lowest BCUT2D eigenvalue weighted by molar-refractivity contribution is -0.385. The molecule has 1 aliphatic heterocycles.